The van der Waals surface area contributed by atoms with Gasteiger partial charge in [-0.3, -0.25) is 0 Å². The van der Waals surface area contributed by atoms with Gasteiger partial charge in [-0.2, -0.15) is 0 Å². The summed E-state index contributed by atoms with van der Waals surface area (Å²) in [5.41, 5.74) is 1.00. The van der Waals surface area contributed by atoms with Crippen molar-refractivity contribution in [2.75, 3.05) is 27.9 Å². The molecule has 1 heterocycles. The van der Waals surface area contributed by atoms with Crippen molar-refractivity contribution in [1.29, 1.82) is 0 Å². The molecule has 2 rings (SSSR count). The molecule has 0 fully saturated rings. The average molecular weight is 265 g/mol. The van der Waals surface area contributed by atoms with Crippen molar-refractivity contribution in [3.05, 3.63) is 18.3 Å². The van der Waals surface area contributed by atoms with Crippen LogP contribution in [-0.2, 0) is 6.54 Å². The quantitative estimate of drug-likeness (QED) is 0.868. The summed E-state index contributed by atoms with van der Waals surface area (Å²) in [6, 6.07) is 3.90. The molecule has 1 aromatic carbocycles. The zero-order valence-electron chi connectivity index (χ0n) is 11.5. The largest absolute Gasteiger partial charge is 0.493 e. The number of ether oxygens (including phenoxy) is 3. The van der Waals surface area contributed by atoms with Gasteiger partial charge in [-0.05, 0) is 12.5 Å². The van der Waals surface area contributed by atoms with E-state index < -0.39 is 0 Å². The second kappa shape index (κ2) is 5.84. The number of rotatable bonds is 6. The molecular weight excluding hydrogens is 246 g/mol. The maximum atomic E-state index is 8.94. The molecule has 1 aromatic heterocycles. The summed E-state index contributed by atoms with van der Waals surface area (Å²) in [5, 5.41) is 9.91. The maximum absolute atomic E-state index is 8.94. The van der Waals surface area contributed by atoms with Gasteiger partial charge in [0.25, 0.3) is 0 Å². The third kappa shape index (κ3) is 2.33. The van der Waals surface area contributed by atoms with Crippen molar-refractivity contribution in [2.45, 2.75) is 13.0 Å². The number of hydrogen-bond acceptors (Lipinski definition) is 4. The fraction of sp³-hybridized carbons (Fsp3) is 0.429. The molecule has 0 bridgehead atoms. The average Bonchev–Trinajstić information content (AvgIpc) is 2.85. The van der Waals surface area contributed by atoms with Crippen molar-refractivity contribution in [3.63, 3.8) is 0 Å². The van der Waals surface area contributed by atoms with Gasteiger partial charge in [-0.25, -0.2) is 0 Å². The molecule has 0 saturated carbocycles. The highest BCUT2D eigenvalue weighted by Gasteiger charge is 2.17. The topological polar surface area (TPSA) is 52.9 Å². The molecule has 104 valence electrons. The lowest BCUT2D eigenvalue weighted by molar-refractivity contribution is 0.280. The summed E-state index contributed by atoms with van der Waals surface area (Å²) >= 11 is 0. The number of nitrogens with zero attached hydrogens (tertiary/aromatic N) is 1. The standard InChI is InChI=1S/C14H19NO4/c1-17-12-9-11-10(13(18-2)14(12)19-3)5-7-15(11)6-4-8-16/h5,7,9,16H,4,6,8H2,1-3H3. The molecule has 0 saturated heterocycles. The lowest BCUT2D eigenvalue weighted by Crippen LogP contribution is -2.00. The van der Waals surface area contributed by atoms with Crippen LogP contribution in [0.1, 0.15) is 6.42 Å². The first kappa shape index (κ1) is 13.5. The Morgan fingerprint density at radius 2 is 1.84 bits per heavy atom. The van der Waals surface area contributed by atoms with Gasteiger partial charge in [0.05, 0.1) is 26.8 Å². The molecule has 19 heavy (non-hydrogen) atoms. The monoisotopic (exact) mass is 265 g/mol. The molecule has 0 aliphatic heterocycles. The fourth-order valence-corrected chi connectivity index (χ4v) is 2.25. The van der Waals surface area contributed by atoms with E-state index in [1.54, 1.807) is 21.3 Å². The molecular formula is C14H19NO4. The van der Waals surface area contributed by atoms with Gasteiger partial charge in [0.15, 0.2) is 11.5 Å². The van der Waals surface area contributed by atoms with Crippen molar-refractivity contribution < 1.29 is 19.3 Å². The van der Waals surface area contributed by atoms with E-state index in [4.69, 9.17) is 19.3 Å². The molecule has 0 atom stereocenters. The molecule has 0 spiro atoms. The molecule has 2 aromatic rings. The first-order valence-electron chi connectivity index (χ1n) is 6.15. The Kier molecular flexibility index (Phi) is 4.16. The van der Waals surface area contributed by atoms with Gasteiger partial charge in [0.1, 0.15) is 0 Å². The van der Waals surface area contributed by atoms with Crippen molar-refractivity contribution in [1.82, 2.24) is 4.57 Å². The van der Waals surface area contributed by atoms with Crippen LogP contribution >= 0.6 is 0 Å². The Morgan fingerprint density at radius 3 is 2.42 bits per heavy atom. The predicted octanol–water partition coefficient (Wildman–Crippen LogP) is 2.05. The van der Waals surface area contributed by atoms with Gasteiger partial charge < -0.3 is 23.9 Å². The van der Waals surface area contributed by atoms with Crippen LogP contribution in [0.3, 0.4) is 0 Å². The lowest BCUT2D eigenvalue weighted by Gasteiger charge is -2.14. The highest BCUT2D eigenvalue weighted by Crippen LogP contribution is 2.43. The van der Waals surface area contributed by atoms with Crippen molar-refractivity contribution in [3.8, 4) is 17.2 Å². The van der Waals surface area contributed by atoms with E-state index in [1.165, 1.54) is 0 Å². The van der Waals surface area contributed by atoms with E-state index in [1.807, 2.05) is 18.3 Å². The molecule has 0 unspecified atom stereocenters. The maximum Gasteiger partial charge on any atom is 0.204 e. The van der Waals surface area contributed by atoms with Gasteiger partial charge in [0, 0.05) is 30.8 Å². The molecule has 1 N–H and O–H groups in total. The smallest absolute Gasteiger partial charge is 0.204 e. The van der Waals surface area contributed by atoms with Crippen LogP contribution in [0.15, 0.2) is 18.3 Å². The van der Waals surface area contributed by atoms with Crippen LogP contribution in [0.2, 0.25) is 0 Å². The van der Waals surface area contributed by atoms with Crippen LogP contribution in [0.5, 0.6) is 17.2 Å². The molecule has 0 amide bonds. The first-order chi connectivity index (χ1) is 9.26. The van der Waals surface area contributed by atoms with Crippen LogP contribution in [-0.4, -0.2) is 37.6 Å². The Balaban J connectivity index is 2.61. The Bertz CT molecular complexity index is 562. The van der Waals surface area contributed by atoms with Gasteiger partial charge in [-0.15, -0.1) is 0 Å². The number of fused-ring (bicyclic) bond motifs is 1. The van der Waals surface area contributed by atoms with E-state index in [0.717, 1.165) is 17.4 Å². The van der Waals surface area contributed by atoms with Gasteiger partial charge in [0.2, 0.25) is 5.75 Å². The minimum Gasteiger partial charge on any atom is -0.493 e. The number of aliphatic hydroxyl groups excluding tert-OH is 1. The Morgan fingerprint density at radius 1 is 1.11 bits per heavy atom. The SMILES string of the molecule is COc1cc2c(ccn2CCCO)c(OC)c1OC. The van der Waals surface area contributed by atoms with E-state index in [-0.39, 0.29) is 6.61 Å². The number of aryl methyl sites for hydroxylation is 1. The number of aliphatic hydroxyl groups is 1. The Labute approximate surface area is 112 Å². The minimum atomic E-state index is 0.171. The summed E-state index contributed by atoms with van der Waals surface area (Å²) in [7, 11) is 4.81. The summed E-state index contributed by atoms with van der Waals surface area (Å²) in [6.07, 6.45) is 2.68. The van der Waals surface area contributed by atoms with Crippen LogP contribution in [0.25, 0.3) is 10.9 Å². The van der Waals surface area contributed by atoms with Crippen LogP contribution in [0, 0.1) is 0 Å². The highest BCUT2D eigenvalue weighted by atomic mass is 16.5. The zero-order chi connectivity index (χ0) is 13.8. The molecule has 0 radical (unpaired) electrons. The van der Waals surface area contributed by atoms with Gasteiger partial charge >= 0.3 is 0 Å². The van der Waals surface area contributed by atoms with Gasteiger partial charge in [-0.1, -0.05) is 0 Å². The van der Waals surface area contributed by atoms with Crippen molar-refractivity contribution in [2.24, 2.45) is 0 Å². The summed E-state index contributed by atoms with van der Waals surface area (Å²) < 4.78 is 18.2. The summed E-state index contributed by atoms with van der Waals surface area (Å²) in [5.74, 6) is 1.90. The number of aromatic nitrogens is 1. The number of benzene rings is 1. The fourth-order valence-electron chi connectivity index (χ4n) is 2.25. The predicted molar refractivity (Wildman–Crippen MR) is 73.3 cm³/mol. The van der Waals surface area contributed by atoms with E-state index in [0.29, 0.717) is 23.7 Å². The molecule has 5 nitrogen and oxygen atoms in total. The first-order valence-corrected chi connectivity index (χ1v) is 6.15. The zero-order valence-corrected chi connectivity index (χ0v) is 11.5. The van der Waals surface area contributed by atoms with E-state index in [2.05, 4.69) is 4.57 Å². The molecule has 0 aliphatic carbocycles. The minimum absolute atomic E-state index is 0.171. The van der Waals surface area contributed by atoms with E-state index >= 15 is 0 Å². The normalized spacial score (nSPS) is 10.7. The number of methoxy groups -OCH3 is 3. The van der Waals surface area contributed by atoms with Crippen LogP contribution < -0.4 is 14.2 Å². The lowest BCUT2D eigenvalue weighted by atomic mass is 10.2. The molecule has 5 heteroatoms. The third-order valence-corrected chi connectivity index (χ3v) is 3.13. The van der Waals surface area contributed by atoms with E-state index in [9.17, 15) is 0 Å². The molecule has 0 aliphatic rings. The second-order valence-corrected chi connectivity index (χ2v) is 4.16. The highest BCUT2D eigenvalue weighted by molar-refractivity contribution is 5.91. The van der Waals surface area contributed by atoms with Crippen LogP contribution in [0.4, 0.5) is 0 Å². The number of hydrogen-bond donors (Lipinski definition) is 1. The second-order valence-electron chi connectivity index (χ2n) is 4.16. The third-order valence-electron chi connectivity index (χ3n) is 3.13. The summed E-state index contributed by atoms with van der Waals surface area (Å²) in [6.45, 7) is 0.919. The summed E-state index contributed by atoms with van der Waals surface area (Å²) in [4.78, 5) is 0. The Hall–Kier alpha value is -1.88. The van der Waals surface area contributed by atoms with Crippen molar-refractivity contribution >= 4 is 10.9 Å².